The van der Waals surface area contributed by atoms with E-state index < -0.39 is 5.97 Å². The highest BCUT2D eigenvalue weighted by Gasteiger charge is 2.03. The second-order valence-electron chi connectivity index (χ2n) is 6.89. The molecule has 0 saturated heterocycles. The van der Waals surface area contributed by atoms with Crippen LogP contribution in [0.3, 0.4) is 0 Å². The van der Waals surface area contributed by atoms with Crippen molar-refractivity contribution in [3.8, 4) is 29.4 Å². The second kappa shape index (κ2) is 8.91. The Hall–Kier alpha value is -4.47. The molecule has 0 aromatic heterocycles. The monoisotopic (exact) mass is 402 g/mol. The number of hydrogen-bond donors (Lipinski definition) is 1. The summed E-state index contributed by atoms with van der Waals surface area (Å²) in [4.78, 5) is 11.1. The predicted octanol–water partition coefficient (Wildman–Crippen LogP) is 5.35. The molecule has 0 aliphatic carbocycles. The molecule has 0 radical (unpaired) electrons. The number of aromatic carboxylic acids is 1. The smallest absolute Gasteiger partial charge is 0.335 e. The van der Waals surface area contributed by atoms with Crippen LogP contribution in [0.4, 0.5) is 0 Å². The van der Waals surface area contributed by atoms with Gasteiger partial charge in [0.15, 0.2) is 0 Å². The number of benzene rings is 4. The first kappa shape index (κ1) is 19.8. The lowest BCUT2D eigenvalue weighted by atomic mass is 10.0. The summed E-state index contributed by atoms with van der Waals surface area (Å²) in [6, 6.07) is 26.3. The van der Waals surface area contributed by atoms with Crippen LogP contribution in [0.5, 0.6) is 5.75 Å². The summed E-state index contributed by atoms with van der Waals surface area (Å²) < 4.78 is 5.15. The maximum absolute atomic E-state index is 11.1. The zero-order chi connectivity index (χ0) is 21.6. The Kier molecular flexibility index (Phi) is 5.70. The van der Waals surface area contributed by atoms with Gasteiger partial charge in [-0.2, -0.15) is 0 Å². The fourth-order valence-electron chi connectivity index (χ4n) is 3.06. The molecule has 3 heteroatoms. The van der Waals surface area contributed by atoms with Crippen LogP contribution in [0, 0.1) is 23.7 Å². The van der Waals surface area contributed by atoms with Crippen LogP contribution in [-0.2, 0) is 0 Å². The van der Waals surface area contributed by atoms with Crippen molar-refractivity contribution in [1.29, 1.82) is 0 Å². The minimum Gasteiger partial charge on any atom is -0.497 e. The third-order valence-corrected chi connectivity index (χ3v) is 4.76. The van der Waals surface area contributed by atoms with E-state index in [1.165, 1.54) is 0 Å². The number of ether oxygens (including phenoxy) is 1. The number of carbonyl (C=O) groups is 1. The van der Waals surface area contributed by atoms with Crippen molar-refractivity contribution in [2.24, 2.45) is 0 Å². The fourth-order valence-corrected chi connectivity index (χ4v) is 3.06. The van der Waals surface area contributed by atoms with Gasteiger partial charge in [-0.25, -0.2) is 4.79 Å². The van der Waals surface area contributed by atoms with Gasteiger partial charge in [-0.05, 0) is 83.6 Å². The molecule has 1 N–H and O–H groups in total. The van der Waals surface area contributed by atoms with E-state index in [9.17, 15) is 4.79 Å². The highest BCUT2D eigenvalue weighted by atomic mass is 16.5. The number of methoxy groups -OCH3 is 1. The largest absolute Gasteiger partial charge is 0.497 e. The number of fused-ring (bicyclic) bond motifs is 1. The van der Waals surface area contributed by atoms with Crippen LogP contribution in [0.1, 0.15) is 32.6 Å². The molecule has 0 aliphatic rings. The third kappa shape index (κ3) is 4.93. The van der Waals surface area contributed by atoms with Crippen LogP contribution in [0.2, 0.25) is 0 Å². The molecule has 0 unspecified atom stereocenters. The summed E-state index contributed by atoms with van der Waals surface area (Å²) in [6.07, 6.45) is 0. The first-order valence-corrected chi connectivity index (χ1v) is 9.66. The standard InChI is InChI=1S/C28H18O3/c1-31-27-16-11-22(12-17-27)7-6-20-2-4-21(5-3-20)8-9-23-10-13-25-19-26(28(29)30)15-14-24(25)18-23/h2-5,10-19H,1H3,(H,29,30). The third-order valence-electron chi connectivity index (χ3n) is 4.76. The lowest BCUT2D eigenvalue weighted by Gasteiger charge is -2.00. The highest BCUT2D eigenvalue weighted by Crippen LogP contribution is 2.18. The van der Waals surface area contributed by atoms with E-state index >= 15 is 0 Å². The number of carboxylic acids is 1. The SMILES string of the molecule is COc1ccc(C#Cc2ccc(C#Cc3ccc4cc(C(=O)O)ccc4c3)cc2)cc1. The maximum Gasteiger partial charge on any atom is 0.335 e. The van der Waals surface area contributed by atoms with Crippen molar-refractivity contribution in [2.75, 3.05) is 7.11 Å². The molecule has 0 bridgehead atoms. The zero-order valence-electron chi connectivity index (χ0n) is 16.8. The summed E-state index contributed by atoms with van der Waals surface area (Å²) in [5, 5.41) is 10.9. The van der Waals surface area contributed by atoms with E-state index in [4.69, 9.17) is 9.84 Å². The molecular weight excluding hydrogens is 384 g/mol. The van der Waals surface area contributed by atoms with Crippen molar-refractivity contribution < 1.29 is 14.6 Å². The maximum atomic E-state index is 11.1. The van der Waals surface area contributed by atoms with E-state index in [2.05, 4.69) is 23.7 Å². The van der Waals surface area contributed by atoms with Crippen molar-refractivity contribution >= 4 is 16.7 Å². The Morgan fingerprint density at radius 1 is 0.645 bits per heavy atom. The topological polar surface area (TPSA) is 46.5 Å². The van der Waals surface area contributed by atoms with E-state index in [-0.39, 0.29) is 5.56 Å². The molecule has 4 aromatic rings. The average Bonchev–Trinajstić information content (AvgIpc) is 2.82. The van der Waals surface area contributed by atoms with Crippen LogP contribution < -0.4 is 4.74 Å². The number of carboxylic acid groups (broad SMARTS) is 1. The van der Waals surface area contributed by atoms with E-state index in [1.54, 1.807) is 25.3 Å². The van der Waals surface area contributed by atoms with E-state index in [1.807, 2.05) is 66.7 Å². The summed E-state index contributed by atoms with van der Waals surface area (Å²) in [5.74, 6) is 12.5. The van der Waals surface area contributed by atoms with Crippen LogP contribution in [-0.4, -0.2) is 18.2 Å². The van der Waals surface area contributed by atoms with Gasteiger partial charge in [0.25, 0.3) is 0 Å². The Morgan fingerprint density at radius 3 is 1.65 bits per heavy atom. The molecule has 4 rings (SSSR count). The fraction of sp³-hybridized carbons (Fsp3) is 0.0357. The molecule has 0 spiro atoms. The van der Waals surface area contributed by atoms with E-state index in [0.29, 0.717) is 0 Å². The van der Waals surface area contributed by atoms with Crippen LogP contribution >= 0.6 is 0 Å². The van der Waals surface area contributed by atoms with Gasteiger partial charge in [-0.1, -0.05) is 35.8 Å². The van der Waals surface area contributed by atoms with Gasteiger partial charge in [0.1, 0.15) is 5.75 Å². The molecule has 31 heavy (non-hydrogen) atoms. The van der Waals surface area contributed by atoms with Gasteiger partial charge >= 0.3 is 5.97 Å². The van der Waals surface area contributed by atoms with Crippen LogP contribution in [0.25, 0.3) is 10.8 Å². The van der Waals surface area contributed by atoms with Crippen molar-refractivity contribution in [3.05, 3.63) is 113 Å². The molecule has 148 valence electrons. The molecule has 3 nitrogen and oxygen atoms in total. The first-order chi connectivity index (χ1) is 15.1. The van der Waals surface area contributed by atoms with Gasteiger partial charge in [0, 0.05) is 22.3 Å². The Morgan fingerprint density at radius 2 is 1.10 bits per heavy atom. The molecule has 0 saturated carbocycles. The molecule has 0 aliphatic heterocycles. The van der Waals surface area contributed by atoms with Gasteiger partial charge < -0.3 is 9.84 Å². The second-order valence-corrected chi connectivity index (χ2v) is 6.89. The lowest BCUT2D eigenvalue weighted by Crippen LogP contribution is -1.95. The van der Waals surface area contributed by atoms with Crippen LogP contribution in [0.15, 0.2) is 84.9 Å². The summed E-state index contributed by atoms with van der Waals surface area (Å²) in [6.45, 7) is 0. The first-order valence-electron chi connectivity index (χ1n) is 9.66. The van der Waals surface area contributed by atoms with Gasteiger partial charge in [-0.15, -0.1) is 0 Å². The number of rotatable bonds is 2. The molecule has 0 fully saturated rings. The Labute approximate surface area is 180 Å². The molecule has 0 amide bonds. The van der Waals surface area contributed by atoms with Gasteiger partial charge in [0.05, 0.1) is 12.7 Å². The van der Waals surface area contributed by atoms with Crippen molar-refractivity contribution in [3.63, 3.8) is 0 Å². The lowest BCUT2D eigenvalue weighted by molar-refractivity contribution is 0.0697. The number of hydrogen-bond acceptors (Lipinski definition) is 2. The molecule has 0 atom stereocenters. The predicted molar refractivity (Wildman–Crippen MR) is 122 cm³/mol. The minimum atomic E-state index is -0.928. The van der Waals surface area contributed by atoms with Crippen molar-refractivity contribution in [1.82, 2.24) is 0 Å². The minimum absolute atomic E-state index is 0.279. The quantitative estimate of drug-likeness (QED) is 0.460. The molecule has 0 heterocycles. The molecule has 4 aromatic carbocycles. The Balaban J connectivity index is 1.49. The summed E-state index contributed by atoms with van der Waals surface area (Å²) in [5.41, 5.74) is 3.90. The van der Waals surface area contributed by atoms with Gasteiger partial charge in [0.2, 0.25) is 0 Å². The normalized spacial score (nSPS) is 9.84. The summed E-state index contributed by atoms with van der Waals surface area (Å²) >= 11 is 0. The van der Waals surface area contributed by atoms with E-state index in [0.717, 1.165) is 38.8 Å². The molecular formula is C28H18O3. The highest BCUT2D eigenvalue weighted by molar-refractivity contribution is 5.94. The van der Waals surface area contributed by atoms with Crippen molar-refractivity contribution in [2.45, 2.75) is 0 Å². The van der Waals surface area contributed by atoms with Gasteiger partial charge in [-0.3, -0.25) is 0 Å². The average molecular weight is 402 g/mol. The zero-order valence-corrected chi connectivity index (χ0v) is 16.8. The summed E-state index contributed by atoms with van der Waals surface area (Å²) in [7, 11) is 1.64. The Bertz CT molecular complexity index is 1370.